The molecule has 0 aromatic carbocycles. The Kier molecular flexibility index (Phi) is 2.71. The lowest BCUT2D eigenvalue weighted by atomic mass is 10.0. The largest absolute Gasteiger partial charge is 0.498 e. The van der Waals surface area contributed by atoms with Crippen LogP contribution in [-0.4, -0.2) is 20.3 Å². The smallest absolute Gasteiger partial charge is 0.125 e. The van der Waals surface area contributed by atoms with Crippen LogP contribution in [0.2, 0.25) is 0 Å². The minimum absolute atomic E-state index is 0.115. The molecule has 62 valence electrons. The summed E-state index contributed by atoms with van der Waals surface area (Å²) in [4.78, 5) is 0. The van der Waals surface area contributed by atoms with Crippen molar-refractivity contribution in [1.82, 2.24) is 0 Å². The standard InChI is InChI=1S/C9H14O2/c1-7-4-5-8(10-2)9(6-7)11-3/h4,6,8H,5H2,1-3H3. The number of methoxy groups -OCH3 is 2. The van der Waals surface area contributed by atoms with Gasteiger partial charge >= 0.3 is 0 Å². The molecule has 0 heterocycles. The van der Waals surface area contributed by atoms with Gasteiger partial charge in [0, 0.05) is 7.11 Å². The van der Waals surface area contributed by atoms with Crippen LogP contribution in [0.4, 0.5) is 0 Å². The third-order valence-corrected chi connectivity index (χ3v) is 1.86. The fourth-order valence-electron chi connectivity index (χ4n) is 1.19. The average molecular weight is 154 g/mol. The lowest BCUT2D eigenvalue weighted by Crippen LogP contribution is -2.16. The molecule has 0 saturated heterocycles. The van der Waals surface area contributed by atoms with Crippen LogP contribution in [0.15, 0.2) is 23.5 Å². The molecule has 0 aromatic heterocycles. The summed E-state index contributed by atoms with van der Waals surface area (Å²) in [7, 11) is 3.38. The lowest BCUT2D eigenvalue weighted by Gasteiger charge is -2.19. The molecule has 0 saturated carbocycles. The van der Waals surface area contributed by atoms with Gasteiger partial charge in [-0.15, -0.1) is 0 Å². The highest BCUT2D eigenvalue weighted by molar-refractivity contribution is 5.26. The Labute approximate surface area is 67.5 Å². The molecule has 0 aliphatic heterocycles. The van der Waals surface area contributed by atoms with E-state index in [1.807, 2.05) is 6.08 Å². The van der Waals surface area contributed by atoms with E-state index >= 15 is 0 Å². The predicted molar refractivity (Wildman–Crippen MR) is 44.3 cm³/mol. The zero-order chi connectivity index (χ0) is 8.27. The van der Waals surface area contributed by atoms with Crippen LogP contribution in [0.3, 0.4) is 0 Å². The summed E-state index contributed by atoms with van der Waals surface area (Å²) >= 11 is 0. The van der Waals surface area contributed by atoms with Crippen LogP contribution in [0.1, 0.15) is 13.3 Å². The Hall–Kier alpha value is -0.760. The van der Waals surface area contributed by atoms with Gasteiger partial charge in [-0.3, -0.25) is 0 Å². The SMILES string of the molecule is COC1=CC(C)=CCC1OC. The Balaban J connectivity index is 2.71. The molecule has 0 fully saturated rings. The summed E-state index contributed by atoms with van der Waals surface area (Å²) in [6, 6.07) is 0. The fourth-order valence-corrected chi connectivity index (χ4v) is 1.19. The van der Waals surface area contributed by atoms with Crippen molar-refractivity contribution in [1.29, 1.82) is 0 Å². The van der Waals surface area contributed by atoms with Gasteiger partial charge in [0.1, 0.15) is 11.9 Å². The summed E-state index contributed by atoms with van der Waals surface area (Å²) in [5.74, 6) is 0.924. The van der Waals surface area contributed by atoms with E-state index in [1.165, 1.54) is 5.57 Å². The molecular formula is C9H14O2. The molecule has 0 spiro atoms. The van der Waals surface area contributed by atoms with E-state index in [-0.39, 0.29) is 6.10 Å². The van der Waals surface area contributed by atoms with Crippen molar-refractivity contribution in [3.63, 3.8) is 0 Å². The minimum atomic E-state index is 0.115. The predicted octanol–water partition coefficient (Wildman–Crippen LogP) is 1.88. The van der Waals surface area contributed by atoms with E-state index in [1.54, 1.807) is 14.2 Å². The lowest BCUT2D eigenvalue weighted by molar-refractivity contribution is 0.0790. The highest BCUT2D eigenvalue weighted by Crippen LogP contribution is 2.19. The van der Waals surface area contributed by atoms with Crippen LogP contribution in [0.5, 0.6) is 0 Å². The van der Waals surface area contributed by atoms with E-state index in [0.29, 0.717) is 0 Å². The van der Waals surface area contributed by atoms with Crippen LogP contribution in [0, 0.1) is 0 Å². The molecule has 1 aliphatic carbocycles. The van der Waals surface area contributed by atoms with Crippen molar-refractivity contribution >= 4 is 0 Å². The van der Waals surface area contributed by atoms with Gasteiger partial charge in [0.2, 0.25) is 0 Å². The van der Waals surface area contributed by atoms with Gasteiger partial charge < -0.3 is 9.47 Å². The van der Waals surface area contributed by atoms with Crippen molar-refractivity contribution < 1.29 is 9.47 Å². The maximum absolute atomic E-state index is 5.21. The summed E-state index contributed by atoms with van der Waals surface area (Å²) < 4.78 is 10.4. The molecule has 0 bridgehead atoms. The summed E-state index contributed by atoms with van der Waals surface area (Å²) in [5, 5.41) is 0. The molecular weight excluding hydrogens is 140 g/mol. The number of hydrogen-bond donors (Lipinski definition) is 0. The average Bonchev–Trinajstić information content (AvgIpc) is 2.04. The fraction of sp³-hybridized carbons (Fsp3) is 0.556. The number of rotatable bonds is 2. The highest BCUT2D eigenvalue weighted by atomic mass is 16.5. The number of ether oxygens (including phenoxy) is 2. The first-order valence-electron chi connectivity index (χ1n) is 3.73. The van der Waals surface area contributed by atoms with Crippen molar-refractivity contribution in [2.45, 2.75) is 19.4 Å². The van der Waals surface area contributed by atoms with Gasteiger partial charge in [-0.05, 0) is 19.4 Å². The van der Waals surface area contributed by atoms with Gasteiger partial charge in [0.05, 0.1) is 7.11 Å². The molecule has 1 rings (SSSR count). The van der Waals surface area contributed by atoms with Gasteiger partial charge in [-0.1, -0.05) is 11.6 Å². The van der Waals surface area contributed by atoms with Gasteiger partial charge in [0.25, 0.3) is 0 Å². The molecule has 0 amide bonds. The van der Waals surface area contributed by atoms with Gasteiger partial charge in [0.15, 0.2) is 0 Å². The van der Waals surface area contributed by atoms with Crippen molar-refractivity contribution in [3.8, 4) is 0 Å². The van der Waals surface area contributed by atoms with Crippen LogP contribution in [0.25, 0.3) is 0 Å². The van der Waals surface area contributed by atoms with Gasteiger partial charge in [-0.25, -0.2) is 0 Å². The zero-order valence-corrected chi connectivity index (χ0v) is 7.26. The Bertz CT molecular complexity index is 192. The third kappa shape index (κ3) is 1.84. The Morgan fingerprint density at radius 1 is 1.45 bits per heavy atom. The maximum atomic E-state index is 5.21. The first kappa shape index (κ1) is 8.34. The van der Waals surface area contributed by atoms with Crippen molar-refractivity contribution in [2.75, 3.05) is 14.2 Å². The van der Waals surface area contributed by atoms with Gasteiger partial charge in [-0.2, -0.15) is 0 Å². The van der Waals surface area contributed by atoms with Crippen molar-refractivity contribution in [3.05, 3.63) is 23.5 Å². The number of hydrogen-bond acceptors (Lipinski definition) is 2. The topological polar surface area (TPSA) is 18.5 Å². The Morgan fingerprint density at radius 3 is 2.73 bits per heavy atom. The molecule has 2 nitrogen and oxygen atoms in total. The van der Waals surface area contributed by atoms with E-state index in [0.717, 1.165) is 12.2 Å². The first-order valence-corrected chi connectivity index (χ1v) is 3.73. The molecule has 11 heavy (non-hydrogen) atoms. The van der Waals surface area contributed by atoms with E-state index in [9.17, 15) is 0 Å². The minimum Gasteiger partial charge on any atom is -0.498 e. The van der Waals surface area contributed by atoms with Crippen molar-refractivity contribution in [2.24, 2.45) is 0 Å². The summed E-state index contributed by atoms with van der Waals surface area (Å²) in [6.45, 7) is 2.06. The molecule has 1 aliphatic rings. The summed E-state index contributed by atoms with van der Waals surface area (Å²) in [6.07, 6.45) is 5.19. The first-order chi connectivity index (χ1) is 5.27. The molecule has 0 aromatic rings. The second kappa shape index (κ2) is 3.58. The summed E-state index contributed by atoms with van der Waals surface area (Å²) in [5.41, 5.74) is 1.25. The van der Waals surface area contributed by atoms with E-state index < -0.39 is 0 Å². The highest BCUT2D eigenvalue weighted by Gasteiger charge is 2.15. The zero-order valence-electron chi connectivity index (χ0n) is 7.26. The van der Waals surface area contributed by atoms with Crippen LogP contribution >= 0.6 is 0 Å². The normalized spacial score (nSPS) is 24.1. The molecule has 2 heteroatoms. The van der Waals surface area contributed by atoms with Crippen LogP contribution < -0.4 is 0 Å². The monoisotopic (exact) mass is 154 g/mol. The third-order valence-electron chi connectivity index (χ3n) is 1.86. The Morgan fingerprint density at radius 2 is 2.18 bits per heavy atom. The second-order valence-electron chi connectivity index (χ2n) is 2.66. The molecule has 0 N–H and O–H groups in total. The van der Waals surface area contributed by atoms with E-state index in [4.69, 9.17) is 9.47 Å². The van der Waals surface area contributed by atoms with E-state index in [2.05, 4.69) is 13.0 Å². The molecule has 0 radical (unpaired) electrons. The van der Waals surface area contributed by atoms with Crippen LogP contribution in [-0.2, 0) is 9.47 Å². The molecule has 1 unspecified atom stereocenters. The number of allylic oxidation sites excluding steroid dienone is 2. The maximum Gasteiger partial charge on any atom is 0.125 e. The second-order valence-corrected chi connectivity index (χ2v) is 2.66. The quantitative estimate of drug-likeness (QED) is 0.604. The molecule has 1 atom stereocenters.